The third kappa shape index (κ3) is 3.61. The van der Waals surface area contributed by atoms with Gasteiger partial charge < -0.3 is 25.1 Å². The second-order valence-electron chi connectivity index (χ2n) is 7.81. The Morgan fingerprint density at radius 1 is 1.10 bits per heavy atom. The predicted octanol–water partition coefficient (Wildman–Crippen LogP) is 0.970. The van der Waals surface area contributed by atoms with Crippen molar-refractivity contribution in [3.63, 3.8) is 0 Å². The van der Waals surface area contributed by atoms with Crippen LogP contribution in [0.5, 0.6) is 11.5 Å². The lowest BCUT2D eigenvalue weighted by molar-refractivity contribution is 0.0949. The summed E-state index contributed by atoms with van der Waals surface area (Å²) in [7, 11) is 0. The molecular formula is C21H24N4O4. The lowest BCUT2D eigenvalue weighted by Gasteiger charge is -2.35. The number of carbonyl (C=O) groups is 1. The number of pyridine rings is 1. The first-order valence-electron chi connectivity index (χ1n) is 10.0. The van der Waals surface area contributed by atoms with Crippen LogP contribution < -0.4 is 25.7 Å². The summed E-state index contributed by atoms with van der Waals surface area (Å²) in [6.45, 7) is 3.23. The van der Waals surface area contributed by atoms with Crippen molar-refractivity contribution >= 4 is 5.91 Å². The lowest BCUT2D eigenvalue weighted by Crippen LogP contribution is -2.51. The highest BCUT2D eigenvalue weighted by atomic mass is 16.7. The summed E-state index contributed by atoms with van der Waals surface area (Å²) < 4.78 is 10.6. The van der Waals surface area contributed by atoms with E-state index >= 15 is 0 Å². The van der Waals surface area contributed by atoms with Crippen molar-refractivity contribution in [3.05, 3.63) is 57.5 Å². The molecule has 2 atom stereocenters. The van der Waals surface area contributed by atoms with Crippen LogP contribution in [0.3, 0.4) is 0 Å². The van der Waals surface area contributed by atoms with Gasteiger partial charge in [0.15, 0.2) is 11.5 Å². The number of ether oxygens (including phenoxy) is 2. The van der Waals surface area contributed by atoms with Crippen LogP contribution in [0.25, 0.3) is 0 Å². The summed E-state index contributed by atoms with van der Waals surface area (Å²) in [5.41, 5.74) is 1.50. The Morgan fingerprint density at radius 2 is 1.90 bits per heavy atom. The number of carbonyl (C=O) groups excluding carboxylic acids is 1. The van der Waals surface area contributed by atoms with Crippen molar-refractivity contribution in [2.75, 3.05) is 19.9 Å². The van der Waals surface area contributed by atoms with E-state index in [1.807, 2.05) is 24.3 Å². The second kappa shape index (κ2) is 7.53. The van der Waals surface area contributed by atoms with Crippen molar-refractivity contribution in [2.24, 2.45) is 0 Å². The molecule has 2 bridgehead atoms. The number of rotatable bonds is 5. The highest BCUT2D eigenvalue weighted by Crippen LogP contribution is 2.32. The van der Waals surface area contributed by atoms with Crippen LogP contribution in [0.15, 0.2) is 35.1 Å². The molecule has 0 aliphatic carbocycles. The van der Waals surface area contributed by atoms with Gasteiger partial charge in [-0.1, -0.05) is 6.07 Å². The standard InChI is InChI=1S/C21H24N4O4/c26-20(23-8-13-1-6-18-19(7-13)29-12-28-18)17-5-2-14(24-21(17)27)11-25-15-3-4-16(25)10-22-9-15/h1-2,5-7,15-16,22H,3-4,8-12H2,(H,23,26)(H,24,27)/t15-,16+. The van der Waals surface area contributed by atoms with E-state index in [-0.39, 0.29) is 17.9 Å². The van der Waals surface area contributed by atoms with Crippen LogP contribution in [-0.4, -0.2) is 47.8 Å². The molecule has 1 aromatic heterocycles. The van der Waals surface area contributed by atoms with Crippen LogP contribution in [0.2, 0.25) is 0 Å². The minimum atomic E-state index is -0.391. The smallest absolute Gasteiger partial charge is 0.261 e. The van der Waals surface area contributed by atoms with Crippen LogP contribution in [-0.2, 0) is 13.1 Å². The van der Waals surface area contributed by atoms with Gasteiger partial charge in [0.2, 0.25) is 6.79 Å². The van der Waals surface area contributed by atoms with E-state index in [4.69, 9.17) is 9.47 Å². The molecule has 29 heavy (non-hydrogen) atoms. The fraction of sp³-hybridized carbons (Fsp3) is 0.429. The Hall–Kier alpha value is -2.84. The number of aromatic nitrogens is 1. The molecule has 1 aromatic carbocycles. The Balaban J connectivity index is 1.23. The van der Waals surface area contributed by atoms with E-state index in [0.717, 1.165) is 24.3 Å². The number of piperazine rings is 1. The van der Waals surface area contributed by atoms with Crippen LogP contribution in [0.4, 0.5) is 0 Å². The molecule has 2 fully saturated rings. The molecule has 0 saturated carbocycles. The fourth-order valence-corrected chi connectivity index (χ4v) is 4.44. The number of hydrogen-bond acceptors (Lipinski definition) is 6. The number of amides is 1. The molecule has 3 aliphatic rings. The number of nitrogens with zero attached hydrogens (tertiary/aromatic N) is 1. The molecule has 4 heterocycles. The molecule has 3 aliphatic heterocycles. The van der Waals surface area contributed by atoms with E-state index in [1.54, 1.807) is 6.07 Å². The topological polar surface area (TPSA) is 95.7 Å². The van der Waals surface area contributed by atoms with Gasteiger partial charge in [-0.15, -0.1) is 0 Å². The zero-order valence-electron chi connectivity index (χ0n) is 16.1. The SMILES string of the molecule is O=C(NCc1ccc2c(c1)OCO2)c1ccc(CN2[C@@H]3CC[C@H]2CNC3)[nH]c1=O. The van der Waals surface area contributed by atoms with E-state index in [2.05, 4.69) is 20.5 Å². The van der Waals surface area contributed by atoms with Crippen molar-refractivity contribution in [1.82, 2.24) is 20.5 Å². The maximum atomic E-state index is 12.5. The molecule has 0 radical (unpaired) electrons. The summed E-state index contributed by atoms with van der Waals surface area (Å²) in [5.74, 6) is 0.976. The number of H-pyrrole nitrogens is 1. The van der Waals surface area contributed by atoms with Gasteiger partial charge in [-0.2, -0.15) is 0 Å². The number of benzene rings is 1. The molecule has 8 nitrogen and oxygen atoms in total. The Kier molecular flexibility index (Phi) is 4.73. The normalized spacial score (nSPS) is 22.6. The van der Waals surface area contributed by atoms with Gasteiger partial charge in [-0.25, -0.2) is 0 Å². The third-order valence-corrected chi connectivity index (χ3v) is 5.99. The van der Waals surface area contributed by atoms with Crippen molar-refractivity contribution in [2.45, 2.75) is 38.0 Å². The van der Waals surface area contributed by atoms with Gasteiger partial charge in [0.05, 0.1) is 0 Å². The zero-order valence-corrected chi connectivity index (χ0v) is 16.1. The maximum absolute atomic E-state index is 12.5. The second-order valence-corrected chi connectivity index (χ2v) is 7.81. The average molecular weight is 396 g/mol. The number of fused-ring (bicyclic) bond motifs is 3. The Labute approximate surface area is 168 Å². The van der Waals surface area contributed by atoms with Gasteiger partial charge in [-0.3, -0.25) is 14.5 Å². The third-order valence-electron chi connectivity index (χ3n) is 5.99. The largest absolute Gasteiger partial charge is 0.454 e. The van der Waals surface area contributed by atoms with E-state index < -0.39 is 5.91 Å². The minimum Gasteiger partial charge on any atom is -0.454 e. The fourth-order valence-electron chi connectivity index (χ4n) is 4.44. The van der Waals surface area contributed by atoms with Crippen molar-refractivity contribution in [1.29, 1.82) is 0 Å². The summed E-state index contributed by atoms with van der Waals surface area (Å²) in [4.78, 5) is 30.3. The highest BCUT2D eigenvalue weighted by Gasteiger charge is 2.36. The number of hydrogen-bond donors (Lipinski definition) is 3. The van der Waals surface area contributed by atoms with Gasteiger partial charge in [-0.05, 0) is 42.7 Å². The highest BCUT2D eigenvalue weighted by molar-refractivity contribution is 5.93. The Bertz CT molecular complexity index is 973. The van der Waals surface area contributed by atoms with Crippen LogP contribution >= 0.6 is 0 Å². The van der Waals surface area contributed by atoms with Crippen molar-refractivity contribution < 1.29 is 14.3 Å². The predicted molar refractivity (Wildman–Crippen MR) is 106 cm³/mol. The van der Waals surface area contributed by atoms with E-state index in [1.165, 1.54) is 12.8 Å². The monoisotopic (exact) mass is 396 g/mol. The summed E-state index contributed by atoms with van der Waals surface area (Å²) in [6, 6.07) is 10.0. The molecule has 3 N–H and O–H groups in total. The minimum absolute atomic E-state index is 0.123. The first-order chi connectivity index (χ1) is 14.2. The molecular weight excluding hydrogens is 372 g/mol. The molecule has 152 valence electrons. The number of nitrogens with one attached hydrogen (secondary N) is 3. The van der Waals surface area contributed by atoms with Gasteiger partial charge in [0.1, 0.15) is 5.56 Å². The molecule has 1 amide bonds. The van der Waals surface area contributed by atoms with E-state index in [0.29, 0.717) is 36.7 Å². The molecule has 0 unspecified atom stereocenters. The molecule has 2 saturated heterocycles. The summed E-state index contributed by atoms with van der Waals surface area (Å²) in [5, 5.41) is 6.26. The first-order valence-corrected chi connectivity index (χ1v) is 10.0. The molecule has 8 heteroatoms. The maximum Gasteiger partial charge on any atom is 0.261 e. The summed E-state index contributed by atoms with van der Waals surface area (Å²) >= 11 is 0. The van der Waals surface area contributed by atoms with Crippen LogP contribution in [0, 0.1) is 0 Å². The number of aromatic amines is 1. The van der Waals surface area contributed by atoms with Crippen LogP contribution in [0.1, 0.15) is 34.5 Å². The van der Waals surface area contributed by atoms with Gasteiger partial charge in [0, 0.05) is 44.0 Å². The first kappa shape index (κ1) is 18.2. The van der Waals surface area contributed by atoms with Crippen molar-refractivity contribution in [3.8, 4) is 11.5 Å². The van der Waals surface area contributed by atoms with E-state index in [9.17, 15) is 9.59 Å². The quantitative estimate of drug-likeness (QED) is 0.697. The van der Waals surface area contributed by atoms with Gasteiger partial charge >= 0.3 is 0 Å². The van der Waals surface area contributed by atoms with Gasteiger partial charge in [0.25, 0.3) is 11.5 Å². The average Bonchev–Trinajstić information content (AvgIpc) is 3.26. The molecule has 0 spiro atoms. The summed E-state index contributed by atoms with van der Waals surface area (Å²) in [6.07, 6.45) is 2.39. The molecule has 5 rings (SSSR count). The Morgan fingerprint density at radius 3 is 2.69 bits per heavy atom. The lowest BCUT2D eigenvalue weighted by atomic mass is 10.1. The molecule has 2 aromatic rings. The zero-order chi connectivity index (χ0) is 19.8.